The number of nitrogens with two attached hydrogens (primary N) is 1. The number of benzene rings is 2. The average Bonchev–Trinajstić information content (AvgIpc) is 2.18. The highest BCUT2D eigenvalue weighted by molar-refractivity contribution is 5.92. The molecule has 2 N–H and O–H groups in total. The standard InChI is InChI=1S/C12H13NO/c1-8-7-9(2)12(14-13)11-6-4-3-5-10(8)11/h3-7H,13H2,1-2H3. The van der Waals surface area contributed by atoms with Gasteiger partial charge in [-0.05, 0) is 30.4 Å². The van der Waals surface area contributed by atoms with Crippen LogP contribution in [0.4, 0.5) is 0 Å². The minimum Gasteiger partial charge on any atom is -0.411 e. The van der Waals surface area contributed by atoms with Crippen molar-refractivity contribution in [3.8, 4) is 5.75 Å². The molecule has 0 fully saturated rings. The second-order valence-corrected chi connectivity index (χ2v) is 3.50. The van der Waals surface area contributed by atoms with E-state index in [0.717, 1.165) is 16.7 Å². The monoisotopic (exact) mass is 187 g/mol. The molecule has 0 bridgehead atoms. The normalized spacial score (nSPS) is 10.5. The molecule has 0 spiro atoms. The summed E-state index contributed by atoms with van der Waals surface area (Å²) < 4.78 is 0. The van der Waals surface area contributed by atoms with Gasteiger partial charge in [-0.2, -0.15) is 5.90 Å². The fraction of sp³-hybridized carbons (Fsp3) is 0.167. The predicted molar refractivity (Wildman–Crippen MR) is 58.2 cm³/mol. The summed E-state index contributed by atoms with van der Waals surface area (Å²) in [5.41, 5.74) is 2.32. The maximum atomic E-state index is 5.27. The van der Waals surface area contributed by atoms with Gasteiger partial charge in [0.1, 0.15) is 0 Å². The van der Waals surface area contributed by atoms with Crippen molar-refractivity contribution in [1.82, 2.24) is 0 Å². The Kier molecular flexibility index (Phi) is 2.14. The molecule has 72 valence electrons. The Morgan fingerprint density at radius 3 is 2.29 bits per heavy atom. The van der Waals surface area contributed by atoms with Crippen LogP contribution >= 0.6 is 0 Å². The summed E-state index contributed by atoms with van der Waals surface area (Å²) in [5, 5.41) is 2.27. The number of aryl methyl sites for hydroxylation is 2. The van der Waals surface area contributed by atoms with Crippen molar-refractivity contribution in [3.05, 3.63) is 41.5 Å². The van der Waals surface area contributed by atoms with Gasteiger partial charge >= 0.3 is 0 Å². The third-order valence-corrected chi connectivity index (χ3v) is 2.51. The Balaban J connectivity index is 2.90. The highest BCUT2D eigenvalue weighted by Gasteiger charge is 2.07. The van der Waals surface area contributed by atoms with Crippen molar-refractivity contribution in [2.75, 3.05) is 0 Å². The summed E-state index contributed by atoms with van der Waals surface area (Å²) in [6, 6.07) is 10.2. The van der Waals surface area contributed by atoms with Crippen molar-refractivity contribution in [1.29, 1.82) is 0 Å². The van der Waals surface area contributed by atoms with E-state index in [-0.39, 0.29) is 0 Å². The van der Waals surface area contributed by atoms with Crippen LogP contribution in [0, 0.1) is 13.8 Å². The molecule has 0 saturated carbocycles. The Morgan fingerprint density at radius 2 is 1.64 bits per heavy atom. The van der Waals surface area contributed by atoms with E-state index in [4.69, 9.17) is 10.7 Å². The quantitative estimate of drug-likeness (QED) is 0.697. The summed E-state index contributed by atoms with van der Waals surface area (Å²) in [4.78, 5) is 4.91. The molecule has 0 aliphatic rings. The first-order valence-corrected chi connectivity index (χ1v) is 4.59. The summed E-state index contributed by atoms with van der Waals surface area (Å²) in [7, 11) is 0. The molecule has 2 rings (SSSR count). The van der Waals surface area contributed by atoms with Gasteiger partial charge in [0.25, 0.3) is 0 Å². The fourth-order valence-electron chi connectivity index (χ4n) is 1.86. The summed E-state index contributed by atoms with van der Waals surface area (Å²) >= 11 is 0. The largest absolute Gasteiger partial charge is 0.411 e. The van der Waals surface area contributed by atoms with Crippen LogP contribution in [0.1, 0.15) is 11.1 Å². The van der Waals surface area contributed by atoms with Crippen LogP contribution in [0.15, 0.2) is 30.3 Å². The number of hydrogen-bond acceptors (Lipinski definition) is 2. The van der Waals surface area contributed by atoms with Crippen LogP contribution in [0.25, 0.3) is 10.8 Å². The molecule has 0 aliphatic carbocycles. The lowest BCUT2D eigenvalue weighted by Crippen LogP contribution is -2.04. The van der Waals surface area contributed by atoms with Crippen molar-refractivity contribution in [3.63, 3.8) is 0 Å². The average molecular weight is 187 g/mol. The summed E-state index contributed by atoms with van der Waals surface area (Å²) in [6.45, 7) is 4.09. The zero-order chi connectivity index (χ0) is 10.1. The van der Waals surface area contributed by atoms with E-state index >= 15 is 0 Å². The van der Waals surface area contributed by atoms with Gasteiger partial charge in [0.15, 0.2) is 5.75 Å². The SMILES string of the molecule is Cc1cc(C)c2ccccc2c1ON. The zero-order valence-corrected chi connectivity index (χ0v) is 8.37. The van der Waals surface area contributed by atoms with E-state index < -0.39 is 0 Å². The molecule has 2 nitrogen and oxygen atoms in total. The molecular formula is C12H13NO. The van der Waals surface area contributed by atoms with Gasteiger partial charge in [0, 0.05) is 5.39 Å². The fourth-order valence-corrected chi connectivity index (χ4v) is 1.86. The second-order valence-electron chi connectivity index (χ2n) is 3.50. The first kappa shape index (κ1) is 9.03. The molecule has 0 saturated heterocycles. The highest BCUT2D eigenvalue weighted by Crippen LogP contribution is 2.30. The molecule has 14 heavy (non-hydrogen) atoms. The minimum atomic E-state index is 0.770. The lowest BCUT2D eigenvalue weighted by atomic mass is 10.0. The van der Waals surface area contributed by atoms with Gasteiger partial charge < -0.3 is 4.84 Å². The second kappa shape index (κ2) is 3.31. The van der Waals surface area contributed by atoms with Gasteiger partial charge in [0.05, 0.1) is 0 Å². The molecule has 2 heteroatoms. The van der Waals surface area contributed by atoms with Crippen molar-refractivity contribution in [2.45, 2.75) is 13.8 Å². The van der Waals surface area contributed by atoms with Crippen molar-refractivity contribution in [2.24, 2.45) is 5.90 Å². The Labute approximate surface area is 83.3 Å². The lowest BCUT2D eigenvalue weighted by Gasteiger charge is -2.10. The Bertz CT molecular complexity index is 477. The van der Waals surface area contributed by atoms with Crippen LogP contribution < -0.4 is 10.7 Å². The minimum absolute atomic E-state index is 0.770. The van der Waals surface area contributed by atoms with Crippen LogP contribution in [-0.2, 0) is 0 Å². The number of rotatable bonds is 1. The molecule has 0 atom stereocenters. The van der Waals surface area contributed by atoms with Gasteiger partial charge in [-0.3, -0.25) is 0 Å². The molecule has 2 aromatic carbocycles. The van der Waals surface area contributed by atoms with Gasteiger partial charge in [-0.1, -0.05) is 30.3 Å². The molecular weight excluding hydrogens is 174 g/mol. The molecule has 0 heterocycles. The van der Waals surface area contributed by atoms with Gasteiger partial charge in [-0.15, -0.1) is 0 Å². The van der Waals surface area contributed by atoms with Crippen LogP contribution in [0.3, 0.4) is 0 Å². The molecule has 0 radical (unpaired) electrons. The topological polar surface area (TPSA) is 35.2 Å². The van der Waals surface area contributed by atoms with Gasteiger partial charge in [0.2, 0.25) is 0 Å². The van der Waals surface area contributed by atoms with Crippen LogP contribution in [0.2, 0.25) is 0 Å². The van der Waals surface area contributed by atoms with E-state index in [1.165, 1.54) is 10.9 Å². The zero-order valence-electron chi connectivity index (χ0n) is 8.37. The maximum absolute atomic E-state index is 5.27. The van der Waals surface area contributed by atoms with Crippen LogP contribution in [0.5, 0.6) is 5.75 Å². The molecule has 2 aromatic rings. The molecule has 0 amide bonds. The summed E-state index contributed by atoms with van der Waals surface area (Å²) in [5.74, 6) is 6.04. The van der Waals surface area contributed by atoms with Crippen LogP contribution in [-0.4, -0.2) is 0 Å². The summed E-state index contributed by atoms with van der Waals surface area (Å²) in [6.07, 6.45) is 0. The number of fused-ring (bicyclic) bond motifs is 1. The first-order valence-electron chi connectivity index (χ1n) is 4.59. The Morgan fingerprint density at radius 1 is 1.00 bits per heavy atom. The van der Waals surface area contributed by atoms with E-state index in [2.05, 4.69) is 19.1 Å². The smallest absolute Gasteiger partial charge is 0.157 e. The lowest BCUT2D eigenvalue weighted by molar-refractivity contribution is 0.336. The predicted octanol–water partition coefficient (Wildman–Crippen LogP) is 2.71. The Hall–Kier alpha value is -1.54. The third-order valence-electron chi connectivity index (χ3n) is 2.51. The number of hydrogen-bond donors (Lipinski definition) is 1. The van der Waals surface area contributed by atoms with E-state index in [0.29, 0.717) is 0 Å². The molecule has 0 aromatic heterocycles. The van der Waals surface area contributed by atoms with E-state index in [9.17, 15) is 0 Å². The van der Waals surface area contributed by atoms with Crippen molar-refractivity contribution >= 4 is 10.8 Å². The maximum Gasteiger partial charge on any atom is 0.157 e. The van der Waals surface area contributed by atoms with E-state index in [1.807, 2.05) is 25.1 Å². The van der Waals surface area contributed by atoms with Crippen molar-refractivity contribution < 1.29 is 4.84 Å². The molecule has 0 aliphatic heterocycles. The van der Waals surface area contributed by atoms with E-state index in [1.54, 1.807) is 0 Å². The third kappa shape index (κ3) is 1.24. The first-order chi connectivity index (χ1) is 6.74. The molecule has 0 unspecified atom stereocenters. The highest BCUT2D eigenvalue weighted by atomic mass is 16.6. The van der Waals surface area contributed by atoms with Gasteiger partial charge in [-0.25, -0.2) is 0 Å².